The first kappa shape index (κ1) is 14.1. The number of benzene rings is 1. The van der Waals surface area contributed by atoms with Gasteiger partial charge in [-0.25, -0.2) is 8.78 Å². The van der Waals surface area contributed by atoms with E-state index in [1.54, 1.807) is 0 Å². The maximum absolute atomic E-state index is 13.7. The van der Waals surface area contributed by atoms with Crippen LogP contribution in [0.4, 0.5) is 8.78 Å². The SMILES string of the molecule is CC(C)CN(C)C(CN)c1ccc(F)cc1F. The number of halogens is 2. The molecule has 0 aliphatic rings. The third-order valence-electron chi connectivity index (χ3n) is 2.73. The van der Waals surface area contributed by atoms with Crippen LogP contribution in [0.1, 0.15) is 25.5 Å². The number of likely N-dealkylation sites (N-methyl/N-ethyl adjacent to an activating group) is 1. The lowest BCUT2D eigenvalue weighted by Crippen LogP contribution is -2.33. The summed E-state index contributed by atoms with van der Waals surface area (Å²) >= 11 is 0. The van der Waals surface area contributed by atoms with Crippen LogP contribution in [0.2, 0.25) is 0 Å². The molecular weight excluding hydrogens is 222 g/mol. The van der Waals surface area contributed by atoms with Crippen LogP contribution in [-0.4, -0.2) is 25.0 Å². The Bertz CT molecular complexity index is 366. The predicted molar refractivity (Wildman–Crippen MR) is 65.6 cm³/mol. The first-order chi connectivity index (χ1) is 7.95. The molecule has 0 amide bonds. The van der Waals surface area contributed by atoms with Gasteiger partial charge in [-0.05, 0) is 19.0 Å². The van der Waals surface area contributed by atoms with E-state index in [0.717, 1.165) is 12.6 Å². The highest BCUT2D eigenvalue weighted by atomic mass is 19.1. The van der Waals surface area contributed by atoms with E-state index in [-0.39, 0.29) is 6.04 Å². The fourth-order valence-electron chi connectivity index (χ4n) is 2.02. The van der Waals surface area contributed by atoms with Gasteiger partial charge in [0, 0.05) is 30.8 Å². The maximum atomic E-state index is 13.7. The summed E-state index contributed by atoms with van der Waals surface area (Å²) in [6.07, 6.45) is 0. The molecule has 1 aromatic carbocycles. The predicted octanol–water partition coefficient (Wildman–Crippen LogP) is 2.55. The Morgan fingerprint density at radius 2 is 1.94 bits per heavy atom. The molecule has 1 aromatic rings. The van der Waals surface area contributed by atoms with Gasteiger partial charge in [-0.15, -0.1) is 0 Å². The molecule has 0 bridgehead atoms. The molecule has 1 atom stereocenters. The van der Waals surface area contributed by atoms with Crippen molar-refractivity contribution in [2.24, 2.45) is 11.7 Å². The van der Waals surface area contributed by atoms with E-state index in [1.807, 2.05) is 11.9 Å². The molecule has 2 N–H and O–H groups in total. The molecule has 0 saturated carbocycles. The highest BCUT2D eigenvalue weighted by Gasteiger charge is 2.19. The van der Waals surface area contributed by atoms with Gasteiger partial charge in [0.2, 0.25) is 0 Å². The second-order valence-electron chi connectivity index (χ2n) is 4.75. The lowest BCUT2D eigenvalue weighted by atomic mass is 10.0. The van der Waals surface area contributed by atoms with Crippen LogP contribution in [0.5, 0.6) is 0 Å². The summed E-state index contributed by atoms with van der Waals surface area (Å²) in [5.41, 5.74) is 6.14. The molecule has 0 aliphatic carbocycles. The third-order valence-corrected chi connectivity index (χ3v) is 2.73. The third kappa shape index (κ3) is 3.75. The number of rotatable bonds is 5. The topological polar surface area (TPSA) is 29.3 Å². The van der Waals surface area contributed by atoms with Crippen molar-refractivity contribution in [3.05, 3.63) is 35.4 Å². The van der Waals surface area contributed by atoms with Crippen LogP contribution in [0.3, 0.4) is 0 Å². The van der Waals surface area contributed by atoms with Crippen LogP contribution in [0.25, 0.3) is 0 Å². The van der Waals surface area contributed by atoms with Gasteiger partial charge in [0.25, 0.3) is 0 Å². The lowest BCUT2D eigenvalue weighted by Gasteiger charge is -2.29. The van der Waals surface area contributed by atoms with Gasteiger partial charge in [-0.1, -0.05) is 19.9 Å². The van der Waals surface area contributed by atoms with Gasteiger partial charge in [-0.2, -0.15) is 0 Å². The molecule has 0 radical (unpaired) electrons. The molecular formula is C13H20F2N2. The average molecular weight is 242 g/mol. The number of nitrogens with zero attached hydrogens (tertiary/aromatic N) is 1. The van der Waals surface area contributed by atoms with E-state index < -0.39 is 11.6 Å². The highest BCUT2D eigenvalue weighted by Crippen LogP contribution is 2.22. The lowest BCUT2D eigenvalue weighted by molar-refractivity contribution is 0.219. The Balaban J connectivity index is 2.93. The van der Waals surface area contributed by atoms with Crippen molar-refractivity contribution in [1.82, 2.24) is 4.90 Å². The van der Waals surface area contributed by atoms with Gasteiger partial charge in [-0.3, -0.25) is 4.90 Å². The minimum absolute atomic E-state index is 0.210. The van der Waals surface area contributed by atoms with Gasteiger partial charge in [0.15, 0.2) is 0 Å². The van der Waals surface area contributed by atoms with Crippen molar-refractivity contribution < 1.29 is 8.78 Å². The molecule has 0 heterocycles. The van der Waals surface area contributed by atoms with E-state index in [0.29, 0.717) is 18.0 Å². The fourth-order valence-corrected chi connectivity index (χ4v) is 2.02. The molecule has 0 saturated heterocycles. The van der Waals surface area contributed by atoms with E-state index in [2.05, 4.69) is 13.8 Å². The standard InChI is InChI=1S/C13H20F2N2/c1-9(2)8-17(3)13(7-16)11-5-4-10(14)6-12(11)15/h4-6,9,13H,7-8,16H2,1-3H3. The fraction of sp³-hybridized carbons (Fsp3) is 0.538. The maximum Gasteiger partial charge on any atom is 0.130 e. The Labute approximate surface area is 101 Å². The zero-order valence-electron chi connectivity index (χ0n) is 10.6. The van der Waals surface area contributed by atoms with E-state index in [4.69, 9.17) is 5.73 Å². The van der Waals surface area contributed by atoms with Crippen LogP contribution in [-0.2, 0) is 0 Å². The summed E-state index contributed by atoms with van der Waals surface area (Å²) in [4.78, 5) is 2.00. The zero-order valence-corrected chi connectivity index (χ0v) is 10.6. The zero-order chi connectivity index (χ0) is 13.0. The summed E-state index contributed by atoms with van der Waals surface area (Å²) in [6, 6.07) is 3.43. The first-order valence-electron chi connectivity index (χ1n) is 5.81. The summed E-state index contributed by atoms with van der Waals surface area (Å²) in [5.74, 6) is -0.623. The molecule has 4 heteroatoms. The number of hydrogen-bond acceptors (Lipinski definition) is 2. The van der Waals surface area contributed by atoms with Gasteiger partial charge in [0.05, 0.1) is 0 Å². The summed E-state index contributed by atoms with van der Waals surface area (Å²) in [6.45, 7) is 5.31. The summed E-state index contributed by atoms with van der Waals surface area (Å²) < 4.78 is 26.5. The molecule has 17 heavy (non-hydrogen) atoms. The monoisotopic (exact) mass is 242 g/mol. The van der Waals surface area contributed by atoms with Crippen LogP contribution >= 0.6 is 0 Å². The summed E-state index contributed by atoms with van der Waals surface area (Å²) in [7, 11) is 1.90. The normalized spacial score (nSPS) is 13.4. The van der Waals surface area contributed by atoms with Crippen molar-refractivity contribution in [3.8, 4) is 0 Å². The Kier molecular flexibility index (Phi) is 5.02. The van der Waals surface area contributed by atoms with Crippen molar-refractivity contribution in [2.75, 3.05) is 20.1 Å². The molecule has 1 unspecified atom stereocenters. The first-order valence-corrected chi connectivity index (χ1v) is 5.81. The molecule has 0 spiro atoms. The van der Waals surface area contributed by atoms with Gasteiger partial charge < -0.3 is 5.73 Å². The van der Waals surface area contributed by atoms with Crippen LogP contribution < -0.4 is 5.73 Å². The molecule has 0 aromatic heterocycles. The van der Waals surface area contributed by atoms with Crippen LogP contribution in [0, 0.1) is 17.6 Å². The highest BCUT2D eigenvalue weighted by molar-refractivity contribution is 5.22. The molecule has 2 nitrogen and oxygen atoms in total. The van der Waals surface area contributed by atoms with Gasteiger partial charge >= 0.3 is 0 Å². The number of hydrogen-bond donors (Lipinski definition) is 1. The minimum Gasteiger partial charge on any atom is -0.329 e. The van der Waals surface area contributed by atoms with Crippen molar-refractivity contribution in [2.45, 2.75) is 19.9 Å². The Morgan fingerprint density at radius 1 is 1.29 bits per heavy atom. The largest absolute Gasteiger partial charge is 0.329 e. The number of nitrogens with two attached hydrogens (primary N) is 1. The average Bonchev–Trinajstić information content (AvgIpc) is 2.21. The molecule has 0 aliphatic heterocycles. The Hall–Kier alpha value is -1.00. The molecule has 0 fully saturated rings. The van der Waals surface area contributed by atoms with E-state index in [1.165, 1.54) is 12.1 Å². The second kappa shape index (κ2) is 6.07. The van der Waals surface area contributed by atoms with E-state index >= 15 is 0 Å². The second-order valence-corrected chi connectivity index (χ2v) is 4.75. The smallest absolute Gasteiger partial charge is 0.130 e. The van der Waals surface area contributed by atoms with Crippen molar-refractivity contribution in [1.29, 1.82) is 0 Å². The van der Waals surface area contributed by atoms with Crippen LogP contribution in [0.15, 0.2) is 18.2 Å². The van der Waals surface area contributed by atoms with Gasteiger partial charge in [0.1, 0.15) is 11.6 Å². The summed E-state index contributed by atoms with van der Waals surface area (Å²) in [5, 5.41) is 0. The molecule has 96 valence electrons. The van der Waals surface area contributed by atoms with Crippen molar-refractivity contribution in [3.63, 3.8) is 0 Å². The minimum atomic E-state index is -0.562. The quantitative estimate of drug-likeness (QED) is 0.859. The van der Waals surface area contributed by atoms with Crippen molar-refractivity contribution >= 4 is 0 Å². The molecule has 1 rings (SSSR count). The van der Waals surface area contributed by atoms with E-state index in [9.17, 15) is 8.78 Å². The Morgan fingerprint density at radius 3 is 2.41 bits per heavy atom.